The van der Waals surface area contributed by atoms with Gasteiger partial charge in [-0.2, -0.15) is 0 Å². The van der Waals surface area contributed by atoms with Gasteiger partial charge in [0.05, 0.1) is 6.04 Å². The standard InChI is InChI=1S/C24H31NO3/c1-5-21(27-18-14-12-17(4)13-15-18)23(26)25-20-16-24(6-2,7-3)28-22-11-9-8-10-19(20)22/h8-15,20-21H,5-7,16H2,1-4H3,(H,25,26)/t20-,21-/m1/s1. The van der Waals surface area contributed by atoms with Gasteiger partial charge in [0.25, 0.3) is 5.91 Å². The van der Waals surface area contributed by atoms with Crippen LogP contribution in [0.4, 0.5) is 0 Å². The van der Waals surface area contributed by atoms with Crippen LogP contribution in [0, 0.1) is 6.92 Å². The molecule has 150 valence electrons. The van der Waals surface area contributed by atoms with Gasteiger partial charge in [0.1, 0.15) is 17.1 Å². The van der Waals surface area contributed by atoms with Crippen molar-refractivity contribution in [1.29, 1.82) is 0 Å². The zero-order chi connectivity index (χ0) is 20.1. The van der Waals surface area contributed by atoms with E-state index in [-0.39, 0.29) is 17.6 Å². The molecule has 2 aromatic rings. The fraction of sp³-hybridized carbons (Fsp3) is 0.458. The average molecular weight is 382 g/mol. The maximum absolute atomic E-state index is 13.0. The number of para-hydroxylation sites is 1. The molecule has 0 bridgehead atoms. The fourth-order valence-electron chi connectivity index (χ4n) is 3.80. The highest BCUT2D eigenvalue weighted by atomic mass is 16.5. The topological polar surface area (TPSA) is 47.6 Å². The first-order valence-electron chi connectivity index (χ1n) is 10.3. The van der Waals surface area contributed by atoms with E-state index in [1.54, 1.807) is 0 Å². The van der Waals surface area contributed by atoms with Crippen LogP contribution in [0.1, 0.15) is 63.6 Å². The third kappa shape index (κ3) is 4.32. The Morgan fingerprint density at radius 3 is 2.46 bits per heavy atom. The number of carbonyl (C=O) groups is 1. The van der Waals surface area contributed by atoms with Crippen LogP contribution in [0.3, 0.4) is 0 Å². The SMILES string of the molecule is CC[C@@H](Oc1ccc(C)cc1)C(=O)N[C@@H]1CC(CC)(CC)Oc2ccccc21. The van der Waals surface area contributed by atoms with Gasteiger partial charge in [-0.1, -0.05) is 56.7 Å². The van der Waals surface area contributed by atoms with Crippen LogP contribution in [0.15, 0.2) is 48.5 Å². The molecule has 0 aromatic heterocycles. The van der Waals surface area contributed by atoms with Crippen molar-refractivity contribution < 1.29 is 14.3 Å². The van der Waals surface area contributed by atoms with Crippen LogP contribution >= 0.6 is 0 Å². The summed E-state index contributed by atoms with van der Waals surface area (Å²) in [5.41, 5.74) is 1.96. The lowest BCUT2D eigenvalue weighted by Crippen LogP contribution is -2.47. The van der Waals surface area contributed by atoms with Crippen LogP contribution in [0.2, 0.25) is 0 Å². The highest BCUT2D eigenvalue weighted by Gasteiger charge is 2.39. The highest BCUT2D eigenvalue weighted by molar-refractivity contribution is 5.81. The summed E-state index contributed by atoms with van der Waals surface area (Å²) in [6.07, 6.45) is 2.67. The summed E-state index contributed by atoms with van der Waals surface area (Å²) in [6, 6.07) is 15.7. The number of rotatable bonds is 7. The zero-order valence-electron chi connectivity index (χ0n) is 17.3. The summed E-state index contributed by atoms with van der Waals surface area (Å²) in [7, 11) is 0. The summed E-state index contributed by atoms with van der Waals surface area (Å²) in [5.74, 6) is 1.51. The molecule has 0 saturated heterocycles. The minimum absolute atomic E-state index is 0.0759. The van der Waals surface area contributed by atoms with Gasteiger partial charge < -0.3 is 14.8 Å². The Labute approximate surface area is 168 Å². The minimum Gasteiger partial charge on any atom is -0.487 e. The lowest BCUT2D eigenvalue weighted by molar-refractivity contribution is -0.129. The maximum Gasteiger partial charge on any atom is 0.261 e. The maximum atomic E-state index is 13.0. The van der Waals surface area contributed by atoms with E-state index >= 15 is 0 Å². The number of nitrogens with one attached hydrogen (secondary N) is 1. The molecule has 0 unspecified atom stereocenters. The van der Waals surface area contributed by atoms with Crippen molar-refractivity contribution in [3.8, 4) is 11.5 Å². The number of aryl methyl sites for hydroxylation is 1. The Morgan fingerprint density at radius 2 is 1.82 bits per heavy atom. The van der Waals surface area contributed by atoms with E-state index < -0.39 is 6.10 Å². The van der Waals surface area contributed by atoms with Crippen molar-refractivity contribution in [3.05, 3.63) is 59.7 Å². The molecule has 0 fully saturated rings. The largest absolute Gasteiger partial charge is 0.487 e. The molecule has 28 heavy (non-hydrogen) atoms. The van der Waals surface area contributed by atoms with Gasteiger partial charge in [-0.05, 0) is 44.4 Å². The molecule has 0 aliphatic carbocycles. The Kier molecular flexibility index (Phi) is 6.28. The molecule has 1 N–H and O–H groups in total. The van der Waals surface area contributed by atoms with E-state index in [0.717, 1.165) is 36.3 Å². The minimum atomic E-state index is -0.518. The quantitative estimate of drug-likeness (QED) is 0.703. The Bertz CT molecular complexity index is 796. The Balaban J connectivity index is 1.78. The van der Waals surface area contributed by atoms with Crippen molar-refractivity contribution in [1.82, 2.24) is 5.32 Å². The molecule has 2 atom stereocenters. The van der Waals surface area contributed by atoms with Crippen LogP contribution in [0.5, 0.6) is 11.5 Å². The Morgan fingerprint density at radius 1 is 1.14 bits per heavy atom. The van der Waals surface area contributed by atoms with Gasteiger partial charge in [-0.25, -0.2) is 0 Å². The summed E-state index contributed by atoms with van der Waals surface area (Å²) in [5, 5.41) is 3.24. The van der Waals surface area contributed by atoms with Crippen molar-refractivity contribution in [2.24, 2.45) is 0 Å². The second kappa shape index (κ2) is 8.68. The van der Waals surface area contributed by atoms with E-state index in [9.17, 15) is 4.79 Å². The summed E-state index contributed by atoms with van der Waals surface area (Å²) >= 11 is 0. The van der Waals surface area contributed by atoms with E-state index in [4.69, 9.17) is 9.47 Å². The molecule has 1 heterocycles. The molecule has 1 aliphatic heterocycles. The summed E-state index contributed by atoms with van der Waals surface area (Å²) in [4.78, 5) is 13.0. The number of benzene rings is 2. The molecule has 1 amide bonds. The van der Waals surface area contributed by atoms with Crippen molar-refractivity contribution in [2.45, 2.75) is 71.1 Å². The predicted molar refractivity (Wildman–Crippen MR) is 112 cm³/mol. The van der Waals surface area contributed by atoms with E-state index in [1.807, 2.05) is 62.4 Å². The number of amides is 1. The molecule has 4 heteroatoms. The highest BCUT2D eigenvalue weighted by Crippen LogP contribution is 2.42. The molecule has 0 saturated carbocycles. The lowest BCUT2D eigenvalue weighted by Gasteiger charge is -2.42. The number of hydrogen-bond acceptors (Lipinski definition) is 3. The summed E-state index contributed by atoms with van der Waals surface area (Å²) in [6.45, 7) is 8.29. The molecule has 0 radical (unpaired) electrons. The van der Waals surface area contributed by atoms with Crippen LogP contribution < -0.4 is 14.8 Å². The first-order valence-corrected chi connectivity index (χ1v) is 10.3. The van der Waals surface area contributed by atoms with Gasteiger partial charge in [0.15, 0.2) is 6.10 Å². The van der Waals surface area contributed by atoms with Gasteiger partial charge in [0.2, 0.25) is 0 Å². The number of carbonyl (C=O) groups excluding carboxylic acids is 1. The first-order chi connectivity index (χ1) is 13.5. The molecule has 1 aliphatic rings. The van der Waals surface area contributed by atoms with Gasteiger partial charge in [-0.3, -0.25) is 4.79 Å². The van der Waals surface area contributed by atoms with Crippen molar-refractivity contribution >= 4 is 5.91 Å². The molecule has 0 spiro atoms. The fourth-order valence-corrected chi connectivity index (χ4v) is 3.80. The Hall–Kier alpha value is -2.49. The van der Waals surface area contributed by atoms with Crippen LogP contribution in [-0.4, -0.2) is 17.6 Å². The molecule has 3 rings (SSSR count). The van der Waals surface area contributed by atoms with Crippen molar-refractivity contribution in [3.63, 3.8) is 0 Å². The third-order valence-electron chi connectivity index (χ3n) is 5.76. The average Bonchev–Trinajstić information content (AvgIpc) is 2.73. The second-order valence-corrected chi connectivity index (χ2v) is 7.62. The number of ether oxygens (including phenoxy) is 2. The van der Waals surface area contributed by atoms with Crippen LogP contribution in [-0.2, 0) is 4.79 Å². The number of hydrogen-bond donors (Lipinski definition) is 1. The molecular formula is C24H31NO3. The third-order valence-corrected chi connectivity index (χ3v) is 5.76. The van der Waals surface area contributed by atoms with Crippen LogP contribution in [0.25, 0.3) is 0 Å². The lowest BCUT2D eigenvalue weighted by atomic mass is 9.83. The summed E-state index contributed by atoms with van der Waals surface area (Å²) < 4.78 is 12.3. The van der Waals surface area contributed by atoms with E-state index in [2.05, 4.69) is 19.2 Å². The monoisotopic (exact) mass is 381 g/mol. The molecular weight excluding hydrogens is 350 g/mol. The zero-order valence-corrected chi connectivity index (χ0v) is 17.3. The van der Waals surface area contributed by atoms with Gasteiger partial charge >= 0.3 is 0 Å². The van der Waals surface area contributed by atoms with Crippen molar-refractivity contribution in [2.75, 3.05) is 0 Å². The first kappa shape index (κ1) is 20.2. The normalized spacial score (nSPS) is 18.5. The molecule has 4 nitrogen and oxygen atoms in total. The van der Waals surface area contributed by atoms with Gasteiger partial charge in [0, 0.05) is 12.0 Å². The predicted octanol–water partition coefficient (Wildman–Crippen LogP) is 5.35. The smallest absolute Gasteiger partial charge is 0.261 e. The molecule has 2 aromatic carbocycles. The van der Waals surface area contributed by atoms with Gasteiger partial charge in [-0.15, -0.1) is 0 Å². The number of fused-ring (bicyclic) bond motifs is 1. The second-order valence-electron chi connectivity index (χ2n) is 7.62. The van der Waals surface area contributed by atoms with E-state index in [1.165, 1.54) is 5.56 Å². The van der Waals surface area contributed by atoms with E-state index in [0.29, 0.717) is 6.42 Å².